The number of hydrogen-bond donors (Lipinski definition) is 1. The summed E-state index contributed by atoms with van der Waals surface area (Å²) in [5.74, 6) is -0.257. The molecule has 2 aliphatic rings. The Hall–Kier alpha value is -1.27. The van der Waals surface area contributed by atoms with Gasteiger partial charge in [0.25, 0.3) is 0 Å². The molecule has 1 aromatic rings. The molecule has 1 unspecified atom stereocenters. The van der Waals surface area contributed by atoms with E-state index in [0.29, 0.717) is 12.1 Å². The maximum Gasteiger partial charge on any atom is 0.419 e. The van der Waals surface area contributed by atoms with Crippen LogP contribution < -0.4 is 4.74 Å². The van der Waals surface area contributed by atoms with Gasteiger partial charge in [-0.15, -0.1) is 0 Å². The van der Waals surface area contributed by atoms with Gasteiger partial charge in [0.05, 0.1) is 17.8 Å². The van der Waals surface area contributed by atoms with Crippen molar-refractivity contribution in [1.29, 1.82) is 0 Å². The number of aliphatic hydroxyl groups excluding tert-OH is 1. The largest absolute Gasteiger partial charge is 0.490 e. The van der Waals surface area contributed by atoms with Crippen molar-refractivity contribution in [2.24, 2.45) is 5.92 Å². The number of likely N-dealkylation sites (tertiary alicyclic amines) is 1. The highest BCUT2D eigenvalue weighted by Gasteiger charge is 2.37. The zero-order valence-corrected chi connectivity index (χ0v) is 13.9. The van der Waals surface area contributed by atoms with Gasteiger partial charge >= 0.3 is 6.18 Å². The molecular formula is C18H24F3NO2. The summed E-state index contributed by atoms with van der Waals surface area (Å²) in [5, 5.41) is 10.5. The average molecular weight is 343 g/mol. The van der Waals surface area contributed by atoms with Crippen LogP contribution in [0.15, 0.2) is 18.2 Å². The molecule has 1 heterocycles. The minimum absolute atomic E-state index is 0.101. The Morgan fingerprint density at radius 3 is 2.50 bits per heavy atom. The number of nitrogens with zero attached hydrogens (tertiary/aromatic N) is 1. The standard InChI is InChI=1S/C18H24F3NO2/c1-12(11-22-8-2-3-9-22)17(23)13-4-7-16(24-14-5-6-14)15(10-13)18(19,20)21/h4,7,10,12,14,17,23H,2-3,5-6,8-9,11H2,1H3/t12-,17?/m1/s1. The lowest BCUT2D eigenvalue weighted by atomic mass is 9.95. The Bertz CT molecular complexity index is 566. The molecule has 3 nitrogen and oxygen atoms in total. The van der Waals surface area contributed by atoms with Crippen LogP contribution in [0.5, 0.6) is 5.75 Å². The summed E-state index contributed by atoms with van der Waals surface area (Å²) in [5.41, 5.74) is -0.489. The van der Waals surface area contributed by atoms with E-state index in [1.54, 1.807) is 6.07 Å². The first-order valence-electron chi connectivity index (χ1n) is 8.63. The molecule has 3 rings (SSSR count). The molecule has 2 atom stereocenters. The predicted octanol–water partition coefficient (Wildman–Crippen LogP) is 4.01. The van der Waals surface area contributed by atoms with Crippen molar-refractivity contribution in [2.75, 3.05) is 19.6 Å². The molecule has 0 aromatic heterocycles. The van der Waals surface area contributed by atoms with Gasteiger partial charge < -0.3 is 14.7 Å². The molecule has 0 radical (unpaired) electrons. The maximum atomic E-state index is 13.3. The Kier molecular flexibility index (Phi) is 5.06. The van der Waals surface area contributed by atoms with Crippen molar-refractivity contribution in [3.05, 3.63) is 29.3 Å². The molecule has 0 spiro atoms. The Balaban J connectivity index is 1.76. The highest BCUT2D eigenvalue weighted by atomic mass is 19.4. The maximum absolute atomic E-state index is 13.3. The van der Waals surface area contributed by atoms with Gasteiger partial charge in [0.15, 0.2) is 0 Å². The molecule has 24 heavy (non-hydrogen) atoms. The average Bonchev–Trinajstić information content (AvgIpc) is 3.19. The lowest BCUT2D eigenvalue weighted by molar-refractivity contribution is -0.139. The summed E-state index contributed by atoms with van der Waals surface area (Å²) in [6.45, 7) is 4.58. The zero-order valence-electron chi connectivity index (χ0n) is 13.9. The number of ether oxygens (including phenoxy) is 1. The van der Waals surface area contributed by atoms with Crippen molar-refractivity contribution in [2.45, 2.75) is 51.0 Å². The van der Waals surface area contributed by atoms with Crippen LogP contribution in [0.3, 0.4) is 0 Å². The number of benzene rings is 1. The monoisotopic (exact) mass is 343 g/mol. The summed E-state index contributed by atoms with van der Waals surface area (Å²) < 4.78 is 45.3. The van der Waals surface area contributed by atoms with Crippen LogP contribution in [0, 0.1) is 5.92 Å². The minimum atomic E-state index is -4.49. The molecule has 1 saturated heterocycles. The Morgan fingerprint density at radius 2 is 1.92 bits per heavy atom. The number of rotatable bonds is 6. The van der Waals surface area contributed by atoms with Crippen molar-refractivity contribution in [3.63, 3.8) is 0 Å². The summed E-state index contributed by atoms with van der Waals surface area (Å²) >= 11 is 0. The van der Waals surface area contributed by atoms with Gasteiger partial charge in [0, 0.05) is 6.54 Å². The van der Waals surface area contributed by atoms with E-state index in [2.05, 4.69) is 4.90 Å². The van der Waals surface area contributed by atoms with Crippen LogP contribution >= 0.6 is 0 Å². The van der Waals surface area contributed by atoms with Gasteiger partial charge in [-0.2, -0.15) is 13.2 Å². The van der Waals surface area contributed by atoms with Crippen LogP contribution in [0.4, 0.5) is 13.2 Å². The summed E-state index contributed by atoms with van der Waals surface area (Å²) in [6, 6.07) is 3.95. The van der Waals surface area contributed by atoms with Crippen molar-refractivity contribution < 1.29 is 23.0 Å². The second-order valence-electron chi connectivity index (χ2n) is 7.00. The molecule has 1 aliphatic carbocycles. The van der Waals surface area contributed by atoms with Gasteiger partial charge in [-0.05, 0) is 62.4 Å². The molecule has 1 aromatic carbocycles. The van der Waals surface area contributed by atoms with Gasteiger partial charge in [0.1, 0.15) is 5.75 Å². The second kappa shape index (κ2) is 6.92. The second-order valence-corrected chi connectivity index (χ2v) is 7.00. The minimum Gasteiger partial charge on any atom is -0.490 e. The topological polar surface area (TPSA) is 32.7 Å². The number of alkyl halides is 3. The first-order chi connectivity index (χ1) is 11.3. The molecular weight excluding hydrogens is 319 g/mol. The first kappa shape index (κ1) is 17.5. The lowest BCUT2D eigenvalue weighted by Gasteiger charge is -2.25. The molecule has 2 fully saturated rings. The van der Waals surface area contributed by atoms with Crippen molar-refractivity contribution in [3.8, 4) is 5.75 Å². The number of hydrogen-bond acceptors (Lipinski definition) is 3. The fourth-order valence-electron chi connectivity index (χ4n) is 3.22. The molecule has 1 N–H and O–H groups in total. The van der Waals surface area contributed by atoms with Crippen molar-refractivity contribution >= 4 is 0 Å². The van der Waals surface area contributed by atoms with Crippen LogP contribution in [0.2, 0.25) is 0 Å². The van der Waals surface area contributed by atoms with Crippen LogP contribution in [-0.2, 0) is 6.18 Å². The molecule has 1 saturated carbocycles. The molecule has 1 aliphatic heterocycles. The molecule has 0 amide bonds. The van der Waals surface area contributed by atoms with Gasteiger partial charge in [-0.25, -0.2) is 0 Å². The predicted molar refractivity (Wildman–Crippen MR) is 84.9 cm³/mol. The first-order valence-corrected chi connectivity index (χ1v) is 8.63. The summed E-state index contributed by atoms with van der Waals surface area (Å²) in [4.78, 5) is 2.25. The van der Waals surface area contributed by atoms with E-state index in [4.69, 9.17) is 4.74 Å². The Labute approximate surface area is 140 Å². The third-order valence-electron chi connectivity index (χ3n) is 4.75. The van der Waals surface area contributed by atoms with E-state index in [-0.39, 0.29) is 17.8 Å². The van der Waals surface area contributed by atoms with E-state index < -0.39 is 17.8 Å². The zero-order chi connectivity index (χ0) is 17.3. The normalized spacial score (nSPS) is 21.7. The number of aliphatic hydroxyl groups is 1. The fraction of sp³-hybridized carbons (Fsp3) is 0.667. The summed E-state index contributed by atoms with van der Waals surface area (Å²) in [6.07, 6.45) is -1.61. The van der Waals surface area contributed by atoms with E-state index in [1.807, 2.05) is 6.92 Å². The highest BCUT2D eigenvalue weighted by molar-refractivity contribution is 5.40. The Morgan fingerprint density at radius 1 is 1.25 bits per heavy atom. The fourth-order valence-corrected chi connectivity index (χ4v) is 3.22. The smallest absolute Gasteiger partial charge is 0.419 e. The third kappa shape index (κ3) is 4.22. The van der Waals surface area contributed by atoms with Crippen LogP contribution in [0.1, 0.15) is 49.8 Å². The van der Waals surface area contributed by atoms with Crippen LogP contribution in [-0.4, -0.2) is 35.7 Å². The van der Waals surface area contributed by atoms with E-state index in [0.717, 1.165) is 44.8 Å². The SMILES string of the molecule is C[C@H](CN1CCCC1)C(O)c1ccc(OC2CC2)c(C(F)(F)F)c1. The summed E-state index contributed by atoms with van der Waals surface area (Å²) in [7, 11) is 0. The quantitative estimate of drug-likeness (QED) is 0.847. The van der Waals surface area contributed by atoms with Gasteiger partial charge in [0.2, 0.25) is 0 Å². The van der Waals surface area contributed by atoms with Crippen LogP contribution in [0.25, 0.3) is 0 Å². The molecule has 6 heteroatoms. The van der Waals surface area contributed by atoms with Crippen molar-refractivity contribution in [1.82, 2.24) is 4.90 Å². The van der Waals surface area contributed by atoms with E-state index >= 15 is 0 Å². The van der Waals surface area contributed by atoms with E-state index in [1.165, 1.54) is 6.07 Å². The molecule has 134 valence electrons. The van der Waals surface area contributed by atoms with Gasteiger partial charge in [-0.1, -0.05) is 13.0 Å². The van der Waals surface area contributed by atoms with E-state index in [9.17, 15) is 18.3 Å². The molecule has 0 bridgehead atoms. The lowest BCUT2D eigenvalue weighted by Crippen LogP contribution is -2.28. The number of halogens is 3. The highest BCUT2D eigenvalue weighted by Crippen LogP contribution is 2.40. The third-order valence-corrected chi connectivity index (χ3v) is 4.75. The van der Waals surface area contributed by atoms with Gasteiger partial charge in [-0.3, -0.25) is 0 Å².